The first-order valence-electron chi connectivity index (χ1n) is 7.72. The summed E-state index contributed by atoms with van der Waals surface area (Å²) < 4.78 is 5.23. The van der Waals surface area contributed by atoms with Crippen LogP contribution in [0.4, 0.5) is 0 Å². The zero-order valence-electron chi connectivity index (χ0n) is 13.0. The van der Waals surface area contributed by atoms with Crippen LogP contribution in [0.2, 0.25) is 0 Å². The smallest absolute Gasteiger partial charge is 0.255 e. The number of hydrogen-bond donors (Lipinski definition) is 3. The summed E-state index contributed by atoms with van der Waals surface area (Å²) in [7, 11) is 0. The summed E-state index contributed by atoms with van der Waals surface area (Å²) in [6.07, 6.45) is 3.33. The second-order valence-electron chi connectivity index (χ2n) is 5.33. The number of carbonyl (C=O) groups excluding carboxylic acids is 1. The molecular weight excluding hydrogens is 280 g/mol. The average Bonchev–Trinajstić information content (AvgIpc) is 3.30. The lowest BCUT2D eigenvalue weighted by Crippen LogP contribution is -2.38. The van der Waals surface area contributed by atoms with Crippen LogP contribution in [-0.4, -0.2) is 37.6 Å². The number of primary amides is 1. The Bertz CT molecular complexity index is 509. The highest BCUT2D eigenvalue weighted by atomic mass is 16.5. The first-order valence-corrected chi connectivity index (χ1v) is 7.72. The van der Waals surface area contributed by atoms with Crippen molar-refractivity contribution in [3.63, 3.8) is 0 Å². The average molecular weight is 304 g/mol. The Morgan fingerprint density at radius 1 is 1.36 bits per heavy atom. The minimum Gasteiger partial charge on any atom is -0.484 e. The Morgan fingerprint density at radius 2 is 2.09 bits per heavy atom. The summed E-state index contributed by atoms with van der Waals surface area (Å²) in [5, 5.41) is 6.64. The molecule has 1 aliphatic rings. The largest absolute Gasteiger partial charge is 0.484 e. The second kappa shape index (κ2) is 8.26. The molecule has 0 radical (unpaired) electrons. The van der Waals surface area contributed by atoms with Crippen molar-refractivity contribution in [2.75, 3.05) is 19.7 Å². The van der Waals surface area contributed by atoms with Crippen molar-refractivity contribution in [1.29, 1.82) is 0 Å². The number of benzene rings is 1. The summed E-state index contributed by atoms with van der Waals surface area (Å²) in [5.41, 5.74) is 6.22. The van der Waals surface area contributed by atoms with Crippen molar-refractivity contribution >= 4 is 11.9 Å². The molecule has 0 aliphatic heterocycles. The van der Waals surface area contributed by atoms with E-state index >= 15 is 0 Å². The third kappa shape index (κ3) is 6.03. The Balaban J connectivity index is 1.78. The first-order chi connectivity index (χ1) is 10.7. The molecule has 0 atom stereocenters. The van der Waals surface area contributed by atoms with Crippen molar-refractivity contribution in [2.45, 2.75) is 32.2 Å². The van der Waals surface area contributed by atoms with Crippen LogP contribution in [0.5, 0.6) is 5.75 Å². The number of rotatable bonds is 8. The van der Waals surface area contributed by atoms with E-state index in [1.807, 2.05) is 24.3 Å². The van der Waals surface area contributed by atoms with E-state index in [1.54, 1.807) is 0 Å². The third-order valence-corrected chi connectivity index (χ3v) is 3.24. The van der Waals surface area contributed by atoms with Crippen LogP contribution in [0.1, 0.15) is 25.3 Å². The molecule has 1 saturated carbocycles. The van der Waals surface area contributed by atoms with E-state index in [4.69, 9.17) is 10.5 Å². The molecule has 1 fully saturated rings. The molecule has 1 aliphatic carbocycles. The lowest BCUT2D eigenvalue weighted by molar-refractivity contribution is -0.119. The van der Waals surface area contributed by atoms with E-state index in [-0.39, 0.29) is 6.61 Å². The summed E-state index contributed by atoms with van der Waals surface area (Å²) in [5.74, 6) is 1.07. The summed E-state index contributed by atoms with van der Waals surface area (Å²) in [6, 6.07) is 8.24. The van der Waals surface area contributed by atoms with Gasteiger partial charge in [-0.1, -0.05) is 12.1 Å². The number of amides is 1. The van der Waals surface area contributed by atoms with Gasteiger partial charge in [-0.25, -0.2) is 0 Å². The van der Waals surface area contributed by atoms with Crippen LogP contribution in [0.25, 0.3) is 0 Å². The predicted molar refractivity (Wildman–Crippen MR) is 87.0 cm³/mol. The maximum Gasteiger partial charge on any atom is 0.255 e. The third-order valence-electron chi connectivity index (χ3n) is 3.24. The molecule has 0 saturated heterocycles. The molecule has 0 bridgehead atoms. The van der Waals surface area contributed by atoms with E-state index < -0.39 is 5.91 Å². The highest BCUT2D eigenvalue weighted by Gasteiger charge is 2.21. The number of nitrogens with zero attached hydrogens (tertiary/aromatic N) is 1. The van der Waals surface area contributed by atoms with Crippen LogP contribution in [0.15, 0.2) is 29.3 Å². The normalized spacial score (nSPS) is 14.5. The van der Waals surface area contributed by atoms with Crippen molar-refractivity contribution in [3.8, 4) is 5.75 Å². The van der Waals surface area contributed by atoms with Gasteiger partial charge in [-0.3, -0.25) is 9.79 Å². The molecule has 6 nitrogen and oxygen atoms in total. The van der Waals surface area contributed by atoms with E-state index in [0.717, 1.165) is 25.5 Å². The quantitative estimate of drug-likeness (QED) is 0.490. The van der Waals surface area contributed by atoms with Gasteiger partial charge in [0.15, 0.2) is 12.6 Å². The van der Waals surface area contributed by atoms with Gasteiger partial charge in [0.05, 0.1) is 0 Å². The number of aliphatic imine (C=N–C) groups is 1. The van der Waals surface area contributed by atoms with Crippen LogP contribution >= 0.6 is 0 Å². The molecule has 2 rings (SSSR count). The van der Waals surface area contributed by atoms with Crippen molar-refractivity contribution < 1.29 is 9.53 Å². The maximum atomic E-state index is 10.6. The van der Waals surface area contributed by atoms with Crippen LogP contribution in [-0.2, 0) is 11.2 Å². The van der Waals surface area contributed by atoms with Crippen LogP contribution in [0, 0.1) is 0 Å². The van der Waals surface area contributed by atoms with Crippen LogP contribution < -0.4 is 21.1 Å². The highest BCUT2D eigenvalue weighted by molar-refractivity contribution is 5.80. The van der Waals surface area contributed by atoms with Gasteiger partial charge < -0.3 is 21.1 Å². The molecule has 0 unspecified atom stereocenters. The number of ether oxygens (including phenoxy) is 1. The highest BCUT2D eigenvalue weighted by Crippen LogP contribution is 2.18. The van der Waals surface area contributed by atoms with Gasteiger partial charge in [0, 0.05) is 19.1 Å². The molecule has 0 spiro atoms. The first kappa shape index (κ1) is 16.1. The molecule has 1 aromatic rings. The number of nitrogens with two attached hydrogens (primary N) is 1. The lowest BCUT2D eigenvalue weighted by atomic mass is 10.1. The minimum atomic E-state index is -0.475. The Morgan fingerprint density at radius 3 is 2.68 bits per heavy atom. The zero-order valence-corrected chi connectivity index (χ0v) is 13.0. The zero-order chi connectivity index (χ0) is 15.8. The van der Waals surface area contributed by atoms with Gasteiger partial charge >= 0.3 is 0 Å². The van der Waals surface area contributed by atoms with E-state index in [2.05, 4.69) is 22.5 Å². The van der Waals surface area contributed by atoms with Crippen molar-refractivity contribution in [3.05, 3.63) is 29.8 Å². The Kier molecular flexibility index (Phi) is 6.06. The van der Waals surface area contributed by atoms with Gasteiger partial charge in [0.25, 0.3) is 5.91 Å². The summed E-state index contributed by atoms with van der Waals surface area (Å²) in [4.78, 5) is 15.2. The van der Waals surface area contributed by atoms with Crippen LogP contribution in [0.3, 0.4) is 0 Å². The molecular formula is C16H24N4O2. The standard InChI is InChI=1S/C16H24N4O2/c1-2-18-16(20-13-5-6-13)19-10-9-12-3-7-14(8-4-12)22-11-15(17)21/h3-4,7-8,13H,2,5-6,9-11H2,1H3,(H2,17,21)(H2,18,19,20). The molecule has 1 aromatic carbocycles. The number of carbonyl (C=O) groups is 1. The van der Waals surface area contributed by atoms with E-state index in [1.165, 1.54) is 18.4 Å². The summed E-state index contributed by atoms with van der Waals surface area (Å²) >= 11 is 0. The van der Waals surface area contributed by atoms with Gasteiger partial charge in [0.1, 0.15) is 5.75 Å². The molecule has 0 aromatic heterocycles. The van der Waals surface area contributed by atoms with E-state index in [9.17, 15) is 4.79 Å². The maximum absolute atomic E-state index is 10.6. The second-order valence-corrected chi connectivity index (χ2v) is 5.33. The molecule has 4 N–H and O–H groups in total. The number of guanidine groups is 1. The molecule has 1 amide bonds. The van der Waals surface area contributed by atoms with Gasteiger partial charge in [-0.05, 0) is 43.9 Å². The van der Waals surface area contributed by atoms with E-state index in [0.29, 0.717) is 11.8 Å². The monoisotopic (exact) mass is 304 g/mol. The van der Waals surface area contributed by atoms with Gasteiger partial charge in [-0.2, -0.15) is 0 Å². The van der Waals surface area contributed by atoms with Crippen molar-refractivity contribution in [2.24, 2.45) is 10.7 Å². The van der Waals surface area contributed by atoms with Gasteiger partial charge in [-0.15, -0.1) is 0 Å². The van der Waals surface area contributed by atoms with Crippen molar-refractivity contribution in [1.82, 2.24) is 10.6 Å². The summed E-state index contributed by atoms with van der Waals surface area (Å²) in [6.45, 7) is 3.56. The number of hydrogen-bond acceptors (Lipinski definition) is 3. The SMILES string of the molecule is CCNC(=NCCc1ccc(OCC(N)=O)cc1)NC1CC1. The fourth-order valence-electron chi connectivity index (χ4n) is 1.94. The molecule has 22 heavy (non-hydrogen) atoms. The Labute approximate surface area is 131 Å². The number of nitrogens with one attached hydrogen (secondary N) is 2. The van der Waals surface area contributed by atoms with Gasteiger partial charge in [0.2, 0.25) is 0 Å². The minimum absolute atomic E-state index is 0.0947. The predicted octanol–water partition coefficient (Wildman–Crippen LogP) is 0.811. The fraction of sp³-hybridized carbons (Fsp3) is 0.500. The molecule has 0 heterocycles. The Hall–Kier alpha value is -2.24. The fourth-order valence-corrected chi connectivity index (χ4v) is 1.94. The molecule has 6 heteroatoms. The topological polar surface area (TPSA) is 88.7 Å². The lowest BCUT2D eigenvalue weighted by Gasteiger charge is -2.10. The molecule has 120 valence electrons.